The van der Waals surface area contributed by atoms with Crippen LogP contribution in [0.15, 0.2) is 48.8 Å². The van der Waals surface area contributed by atoms with Crippen LogP contribution in [-0.2, 0) is 5.54 Å². The molecule has 2 heteroatoms. The molecule has 0 radical (unpaired) electrons. The third kappa shape index (κ3) is 1.72. The van der Waals surface area contributed by atoms with Gasteiger partial charge >= 0.3 is 0 Å². The Balaban J connectivity index is 2.43. The first-order valence-electron chi connectivity index (χ1n) is 5.28. The Hall–Kier alpha value is -2.01. The molecule has 0 saturated carbocycles. The topological polar surface area (TPSA) is 28.7 Å². The Labute approximate surface area is 95.8 Å². The quantitative estimate of drug-likeness (QED) is 0.748. The lowest BCUT2D eigenvalue weighted by Gasteiger charge is -2.27. The molecule has 16 heavy (non-hydrogen) atoms. The summed E-state index contributed by atoms with van der Waals surface area (Å²) < 4.78 is 2.07. The summed E-state index contributed by atoms with van der Waals surface area (Å²) in [7, 11) is 0. The van der Waals surface area contributed by atoms with Crippen molar-refractivity contribution in [3.63, 3.8) is 0 Å². The molecule has 0 atom stereocenters. The molecule has 0 spiro atoms. The zero-order valence-electron chi connectivity index (χ0n) is 9.51. The minimum Gasteiger partial charge on any atom is -0.343 e. The molecule has 0 saturated heterocycles. The maximum Gasteiger partial charge on any atom is 0.101 e. The van der Waals surface area contributed by atoms with Crippen LogP contribution in [-0.4, -0.2) is 4.57 Å². The van der Waals surface area contributed by atoms with E-state index in [0.717, 1.165) is 0 Å². The fourth-order valence-electron chi connectivity index (χ4n) is 1.81. The molecule has 1 heterocycles. The van der Waals surface area contributed by atoms with Gasteiger partial charge in [-0.1, -0.05) is 30.3 Å². The number of hydrogen-bond donors (Lipinski definition) is 0. The smallest absolute Gasteiger partial charge is 0.101 e. The summed E-state index contributed by atoms with van der Waals surface area (Å²) in [6.07, 6.45) is 3.83. The first kappa shape index (κ1) is 10.5. The van der Waals surface area contributed by atoms with Crippen molar-refractivity contribution >= 4 is 0 Å². The second-order valence-corrected chi connectivity index (χ2v) is 4.34. The minimum atomic E-state index is -0.129. The Bertz CT molecular complexity index is 515. The van der Waals surface area contributed by atoms with Crippen molar-refractivity contribution in [3.8, 4) is 6.07 Å². The van der Waals surface area contributed by atoms with Crippen LogP contribution in [0.2, 0.25) is 0 Å². The Morgan fingerprint density at radius 2 is 1.81 bits per heavy atom. The van der Waals surface area contributed by atoms with Crippen molar-refractivity contribution in [2.75, 3.05) is 0 Å². The van der Waals surface area contributed by atoms with Gasteiger partial charge in [-0.15, -0.1) is 0 Å². The van der Waals surface area contributed by atoms with E-state index in [1.165, 1.54) is 5.56 Å². The van der Waals surface area contributed by atoms with Crippen LogP contribution >= 0.6 is 0 Å². The number of nitrogens with zero attached hydrogens (tertiary/aromatic N) is 2. The molecule has 0 aliphatic carbocycles. The zero-order chi connectivity index (χ0) is 11.6. The van der Waals surface area contributed by atoms with E-state index in [2.05, 4.69) is 36.6 Å². The maximum atomic E-state index is 8.82. The van der Waals surface area contributed by atoms with Crippen molar-refractivity contribution in [2.24, 2.45) is 0 Å². The van der Waals surface area contributed by atoms with E-state index >= 15 is 0 Å². The molecule has 0 fully saturated rings. The van der Waals surface area contributed by atoms with Gasteiger partial charge in [0.05, 0.1) is 11.1 Å². The van der Waals surface area contributed by atoms with Gasteiger partial charge in [-0.05, 0) is 25.5 Å². The Kier molecular flexibility index (Phi) is 2.54. The summed E-state index contributed by atoms with van der Waals surface area (Å²) in [5.41, 5.74) is 1.80. The minimum absolute atomic E-state index is 0.129. The zero-order valence-corrected chi connectivity index (χ0v) is 9.51. The van der Waals surface area contributed by atoms with Crippen LogP contribution < -0.4 is 0 Å². The van der Waals surface area contributed by atoms with Crippen LogP contribution in [0.25, 0.3) is 0 Å². The summed E-state index contributed by atoms with van der Waals surface area (Å²) >= 11 is 0. The van der Waals surface area contributed by atoms with E-state index in [4.69, 9.17) is 5.26 Å². The van der Waals surface area contributed by atoms with Gasteiger partial charge in [-0.2, -0.15) is 5.26 Å². The van der Waals surface area contributed by atoms with E-state index in [1.807, 2.05) is 36.7 Å². The average molecular weight is 210 g/mol. The summed E-state index contributed by atoms with van der Waals surface area (Å²) in [6.45, 7) is 4.28. The van der Waals surface area contributed by atoms with E-state index in [9.17, 15) is 0 Å². The lowest BCUT2D eigenvalue weighted by molar-refractivity contribution is 0.438. The van der Waals surface area contributed by atoms with Crippen LogP contribution in [0, 0.1) is 11.3 Å². The lowest BCUT2D eigenvalue weighted by atomic mass is 9.94. The SMILES string of the molecule is CC(C)(c1ccccc1)n1ccc(C#N)c1. The van der Waals surface area contributed by atoms with E-state index < -0.39 is 0 Å². The second kappa shape index (κ2) is 3.86. The van der Waals surface area contributed by atoms with Gasteiger partial charge in [0.2, 0.25) is 0 Å². The number of rotatable bonds is 2. The van der Waals surface area contributed by atoms with Crippen LogP contribution in [0.5, 0.6) is 0 Å². The highest BCUT2D eigenvalue weighted by Crippen LogP contribution is 2.25. The number of nitriles is 1. The average Bonchev–Trinajstić information content (AvgIpc) is 2.79. The lowest BCUT2D eigenvalue weighted by Crippen LogP contribution is -2.26. The molecule has 0 amide bonds. The Morgan fingerprint density at radius 3 is 2.38 bits per heavy atom. The van der Waals surface area contributed by atoms with Crippen LogP contribution in [0.4, 0.5) is 0 Å². The Morgan fingerprint density at radius 1 is 1.12 bits per heavy atom. The van der Waals surface area contributed by atoms with E-state index in [-0.39, 0.29) is 5.54 Å². The van der Waals surface area contributed by atoms with Crippen molar-refractivity contribution in [3.05, 3.63) is 59.9 Å². The fourth-order valence-corrected chi connectivity index (χ4v) is 1.81. The van der Waals surface area contributed by atoms with E-state index in [0.29, 0.717) is 5.56 Å². The predicted octanol–water partition coefficient (Wildman–Crippen LogP) is 3.14. The molecule has 1 aromatic heterocycles. The molecule has 0 aliphatic heterocycles. The normalized spacial score (nSPS) is 11.1. The predicted molar refractivity (Wildman–Crippen MR) is 64.0 cm³/mol. The van der Waals surface area contributed by atoms with Gasteiger partial charge in [0, 0.05) is 12.4 Å². The molecule has 0 bridgehead atoms. The summed E-state index contributed by atoms with van der Waals surface area (Å²) in [4.78, 5) is 0. The summed E-state index contributed by atoms with van der Waals surface area (Å²) in [5.74, 6) is 0. The van der Waals surface area contributed by atoms with Gasteiger partial charge in [-0.3, -0.25) is 0 Å². The first-order chi connectivity index (χ1) is 7.64. The van der Waals surface area contributed by atoms with Crippen molar-refractivity contribution in [1.82, 2.24) is 4.57 Å². The van der Waals surface area contributed by atoms with Crippen LogP contribution in [0.3, 0.4) is 0 Å². The molecule has 1 aromatic carbocycles. The standard InChI is InChI=1S/C14H14N2/c1-14(2,13-6-4-3-5-7-13)16-9-8-12(10-15)11-16/h3-9,11H,1-2H3. The van der Waals surface area contributed by atoms with Gasteiger partial charge in [0.1, 0.15) is 6.07 Å². The maximum absolute atomic E-state index is 8.82. The molecule has 2 aromatic rings. The van der Waals surface area contributed by atoms with Gasteiger partial charge in [-0.25, -0.2) is 0 Å². The number of aromatic nitrogens is 1. The summed E-state index contributed by atoms with van der Waals surface area (Å²) in [5, 5.41) is 8.82. The fraction of sp³-hybridized carbons (Fsp3) is 0.214. The molecular formula is C14H14N2. The molecule has 80 valence electrons. The molecule has 0 unspecified atom stereocenters. The number of benzene rings is 1. The van der Waals surface area contributed by atoms with E-state index in [1.54, 1.807) is 0 Å². The molecule has 0 aliphatic rings. The highest BCUT2D eigenvalue weighted by molar-refractivity contribution is 5.30. The highest BCUT2D eigenvalue weighted by Gasteiger charge is 2.21. The van der Waals surface area contributed by atoms with Crippen molar-refractivity contribution in [1.29, 1.82) is 5.26 Å². The van der Waals surface area contributed by atoms with Crippen LogP contribution in [0.1, 0.15) is 25.0 Å². The summed E-state index contributed by atoms with van der Waals surface area (Å²) in [6, 6.07) is 14.3. The third-order valence-corrected chi connectivity index (χ3v) is 2.95. The van der Waals surface area contributed by atoms with Gasteiger partial charge in [0.15, 0.2) is 0 Å². The van der Waals surface area contributed by atoms with Crippen molar-refractivity contribution < 1.29 is 0 Å². The van der Waals surface area contributed by atoms with Gasteiger partial charge in [0.25, 0.3) is 0 Å². The highest BCUT2D eigenvalue weighted by atomic mass is 15.0. The van der Waals surface area contributed by atoms with Crippen molar-refractivity contribution in [2.45, 2.75) is 19.4 Å². The monoisotopic (exact) mass is 210 g/mol. The third-order valence-electron chi connectivity index (χ3n) is 2.95. The van der Waals surface area contributed by atoms with Gasteiger partial charge < -0.3 is 4.57 Å². The first-order valence-corrected chi connectivity index (χ1v) is 5.28. The molecule has 2 nitrogen and oxygen atoms in total. The molecule has 2 rings (SSSR count). The molecular weight excluding hydrogens is 196 g/mol. The second-order valence-electron chi connectivity index (χ2n) is 4.34. The largest absolute Gasteiger partial charge is 0.343 e. The molecule has 0 N–H and O–H groups in total. The number of hydrogen-bond acceptors (Lipinski definition) is 1.